The van der Waals surface area contributed by atoms with Crippen molar-refractivity contribution in [3.8, 4) is 5.75 Å². The molecule has 2 rings (SSSR count). The third-order valence-corrected chi connectivity index (χ3v) is 4.74. The molecular formula is C20H24ClFN2O2. The summed E-state index contributed by atoms with van der Waals surface area (Å²) in [5.41, 5.74) is 1.51. The van der Waals surface area contributed by atoms with Gasteiger partial charge in [0.1, 0.15) is 11.6 Å². The lowest BCUT2D eigenvalue weighted by Crippen LogP contribution is -2.43. The Hall–Kier alpha value is -2.11. The van der Waals surface area contributed by atoms with E-state index in [1.165, 1.54) is 6.07 Å². The number of hydrogen-bond acceptors (Lipinski definition) is 3. The molecule has 0 aromatic heterocycles. The zero-order valence-corrected chi connectivity index (χ0v) is 16.0. The molecule has 0 heterocycles. The average molecular weight is 379 g/mol. The van der Waals surface area contributed by atoms with Gasteiger partial charge in [-0.2, -0.15) is 0 Å². The highest BCUT2D eigenvalue weighted by atomic mass is 35.5. The summed E-state index contributed by atoms with van der Waals surface area (Å²) in [5.74, 6) is 0.338. The van der Waals surface area contributed by atoms with Gasteiger partial charge in [0.05, 0.1) is 13.2 Å². The third-order valence-electron chi connectivity index (χ3n) is 4.38. The van der Waals surface area contributed by atoms with Gasteiger partial charge in [-0.25, -0.2) is 4.39 Å². The summed E-state index contributed by atoms with van der Waals surface area (Å²) in [6.07, 6.45) is 0.727. The minimum absolute atomic E-state index is 0.103. The molecule has 0 radical (unpaired) electrons. The molecule has 1 atom stereocenters. The van der Waals surface area contributed by atoms with Crippen LogP contribution >= 0.6 is 11.6 Å². The Kier molecular flexibility index (Phi) is 7.42. The topological polar surface area (TPSA) is 41.6 Å². The molecule has 26 heavy (non-hydrogen) atoms. The van der Waals surface area contributed by atoms with E-state index < -0.39 is 6.04 Å². The first-order chi connectivity index (χ1) is 12.4. The highest BCUT2D eigenvalue weighted by molar-refractivity contribution is 6.31. The number of ether oxygens (including phenoxy) is 1. The maximum atomic E-state index is 13.9. The Morgan fingerprint density at radius 1 is 1.27 bits per heavy atom. The van der Waals surface area contributed by atoms with Crippen LogP contribution in [-0.4, -0.2) is 37.6 Å². The van der Waals surface area contributed by atoms with Gasteiger partial charge < -0.3 is 10.1 Å². The average Bonchev–Trinajstić information content (AvgIpc) is 2.64. The van der Waals surface area contributed by atoms with E-state index in [9.17, 15) is 9.18 Å². The van der Waals surface area contributed by atoms with Crippen molar-refractivity contribution in [1.29, 1.82) is 0 Å². The molecule has 0 spiro atoms. The van der Waals surface area contributed by atoms with Gasteiger partial charge in [-0.15, -0.1) is 0 Å². The van der Waals surface area contributed by atoms with Crippen LogP contribution in [0.3, 0.4) is 0 Å². The van der Waals surface area contributed by atoms with Gasteiger partial charge >= 0.3 is 0 Å². The minimum atomic E-state index is -0.401. The maximum Gasteiger partial charge on any atom is 0.237 e. The first-order valence-electron chi connectivity index (χ1n) is 8.46. The van der Waals surface area contributed by atoms with Crippen molar-refractivity contribution in [1.82, 2.24) is 10.2 Å². The third kappa shape index (κ3) is 5.44. The second-order valence-corrected chi connectivity index (χ2v) is 6.59. The van der Waals surface area contributed by atoms with E-state index in [1.807, 2.05) is 24.3 Å². The van der Waals surface area contributed by atoms with Crippen molar-refractivity contribution in [2.24, 2.45) is 0 Å². The highest BCUT2D eigenvalue weighted by Gasteiger charge is 2.20. The monoisotopic (exact) mass is 378 g/mol. The molecular weight excluding hydrogens is 355 g/mol. The summed E-state index contributed by atoms with van der Waals surface area (Å²) in [4.78, 5) is 14.1. The van der Waals surface area contributed by atoms with Crippen molar-refractivity contribution in [2.75, 3.05) is 20.7 Å². The lowest BCUT2D eigenvalue weighted by Gasteiger charge is -2.24. The number of carbonyl (C=O) groups is 1. The molecule has 1 amide bonds. The Morgan fingerprint density at radius 2 is 1.96 bits per heavy atom. The van der Waals surface area contributed by atoms with Gasteiger partial charge in [0.15, 0.2) is 0 Å². The van der Waals surface area contributed by atoms with Crippen LogP contribution in [0.2, 0.25) is 5.02 Å². The van der Waals surface area contributed by atoms with Crippen LogP contribution in [0.5, 0.6) is 5.75 Å². The maximum absolute atomic E-state index is 13.9. The fourth-order valence-corrected chi connectivity index (χ4v) is 2.76. The number of nitrogens with one attached hydrogen (secondary N) is 1. The first-order valence-corrected chi connectivity index (χ1v) is 8.84. The molecule has 2 aromatic rings. The molecule has 140 valence electrons. The molecule has 0 aliphatic heterocycles. The Balaban J connectivity index is 1.84. The fraction of sp³-hybridized carbons (Fsp3) is 0.350. The van der Waals surface area contributed by atoms with E-state index in [1.54, 1.807) is 38.1 Å². The molecule has 4 nitrogen and oxygen atoms in total. The van der Waals surface area contributed by atoms with E-state index in [4.69, 9.17) is 16.3 Å². The zero-order chi connectivity index (χ0) is 19.1. The van der Waals surface area contributed by atoms with Crippen molar-refractivity contribution in [3.05, 3.63) is 64.4 Å². The normalized spacial score (nSPS) is 12.1. The number of hydrogen-bond donors (Lipinski definition) is 1. The van der Waals surface area contributed by atoms with Gasteiger partial charge in [-0.3, -0.25) is 9.69 Å². The summed E-state index contributed by atoms with van der Waals surface area (Å²) in [6.45, 7) is 2.58. The van der Waals surface area contributed by atoms with E-state index in [-0.39, 0.29) is 18.3 Å². The van der Waals surface area contributed by atoms with Gasteiger partial charge in [-0.05, 0) is 50.2 Å². The predicted molar refractivity (Wildman–Crippen MR) is 102 cm³/mol. The lowest BCUT2D eigenvalue weighted by molar-refractivity contribution is -0.125. The van der Waals surface area contributed by atoms with Gasteiger partial charge in [-0.1, -0.05) is 29.8 Å². The number of amides is 1. The number of methoxy groups -OCH3 is 1. The largest absolute Gasteiger partial charge is 0.497 e. The van der Waals surface area contributed by atoms with Gasteiger partial charge in [0.25, 0.3) is 0 Å². The van der Waals surface area contributed by atoms with Gasteiger partial charge in [0.2, 0.25) is 5.91 Å². The molecule has 0 saturated carbocycles. The molecule has 0 fully saturated rings. The molecule has 0 aliphatic rings. The molecule has 1 N–H and O–H groups in total. The highest BCUT2D eigenvalue weighted by Crippen LogP contribution is 2.21. The molecule has 1 unspecified atom stereocenters. The predicted octanol–water partition coefficient (Wildman–Crippen LogP) is 3.67. The number of benzene rings is 2. The van der Waals surface area contributed by atoms with Crippen LogP contribution in [0.25, 0.3) is 0 Å². The SMILES string of the molecule is COc1ccc(CCNC(=O)C(C)N(C)Cc2c(F)cccc2Cl)cc1. The summed E-state index contributed by atoms with van der Waals surface area (Å²) in [5, 5.41) is 3.28. The number of nitrogens with zero attached hydrogens (tertiary/aromatic N) is 1. The Labute approximate surface area is 158 Å². The van der Waals surface area contributed by atoms with Crippen molar-refractivity contribution < 1.29 is 13.9 Å². The van der Waals surface area contributed by atoms with Crippen molar-refractivity contribution in [3.63, 3.8) is 0 Å². The zero-order valence-electron chi connectivity index (χ0n) is 15.3. The van der Waals surface area contributed by atoms with E-state index in [2.05, 4.69) is 5.32 Å². The Bertz CT molecular complexity index is 717. The van der Waals surface area contributed by atoms with Crippen LogP contribution in [-0.2, 0) is 17.8 Å². The van der Waals surface area contributed by atoms with Crippen LogP contribution in [0.4, 0.5) is 4.39 Å². The second-order valence-electron chi connectivity index (χ2n) is 6.18. The molecule has 2 aromatic carbocycles. The number of carbonyl (C=O) groups excluding carboxylic acids is 1. The summed E-state index contributed by atoms with van der Waals surface area (Å²) in [6, 6.07) is 11.9. The summed E-state index contributed by atoms with van der Waals surface area (Å²) >= 11 is 6.05. The van der Waals surface area contributed by atoms with E-state index in [0.29, 0.717) is 17.1 Å². The number of rotatable bonds is 8. The van der Waals surface area contributed by atoms with Crippen molar-refractivity contribution >= 4 is 17.5 Å². The smallest absolute Gasteiger partial charge is 0.237 e. The van der Waals surface area contributed by atoms with E-state index in [0.717, 1.165) is 17.7 Å². The van der Waals surface area contributed by atoms with Crippen LogP contribution in [0, 0.1) is 5.82 Å². The van der Waals surface area contributed by atoms with Crippen LogP contribution in [0.15, 0.2) is 42.5 Å². The molecule has 0 saturated heterocycles. The molecule has 0 aliphatic carbocycles. The fourth-order valence-electron chi connectivity index (χ4n) is 2.54. The minimum Gasteiger partial charge on any atom is -0.497 e. The number of likely N-dealkylation sites (N-methyl/N-ethyl adjacent to an activating group) is 1. The molecule has 6 heteroatoms. The summed E-state index contributed by atoms with van der Waals surface area (Å²) < 4.78 is 19.0. The van der Waals surface area contributed by atoms with E-state index >= 15 is 0 Å². The standard InChI is InChI=1S/C20H24ClFN2O2/c1-14(24(2)13-17-18(21)5-4-6-19(17)22)20(25)23-12-11-15-7-9-16(26-3)10-8-15/h4-10,14H,11-13H2,1-3H3,(H,23,25). The first kappa shape index (κ1) is 20.2. The molecule has 0 bridgehead atoms. The Morgan fingerprint density at radius 3 is 2.58 bits per heavy atom. The summed E-state index contributed by atoms with van der Waals surface area (Å²) in [7, 11) is 3.40. The second kappa shape index (κ2) is 9.55. The van der Waals surface area contributed by atoms with Crippen LogP contribution in [0.1, 0.15) is 18.1 Å². The quantitative estimate of drug-likeness (QED) is 0.762. The van der Waals surface area contributed by atoms with Gasteiger partial charge in [0, 0.05) is 23.7 Å². The number of halogens is 2. The van der Waals surface area contributed by atoms with Crippen LogP contribution < -0.4 is 10.1 Å². The lowest BCUT2D eigenvalue weighted by atomic mass is 10.1. The van der Waals surface area contributed by atoms with Crippen molar-refractivity contribution in [2.45, 2.75) is 25.9 Å².